The fourth-order valence-electron chi connectivity index (χ4n) is 1.80. The Balaban J connectivity index is 1.69. The summed E-state index contributed by atoms with van der Waals surface area (Å²) in [4.78, 5) is 19.4. The van der Waals surface area contributed by atoms with Crippen molar-refractivity contribution in [2.45, 2.75) is 19.8 Å². The Morgan fingerprint density at radius 3 is 2.61 bits per heavy atom. The first-order chi connectivity index (χ1) is 8.79. The van der Waals surface area contributed by atoms with Gasteiger partial charge in [0.1, 0.15) is 11.6 Å². The lowest BCUT2D eigenvalue weighted by atomic mass is 10.3. The summed E-state index contributed by atoms with van der Waals surface area (Å²) in [5, 5.41) is 3.08. The highest BCUT2D eigenvalue weighted by Crippen LogP contribution is 2.11. The summed E-state index contributed by atoms with van der Waals surface area (Å²) < 4.78 is 0. The number of aryl methyl sites for hydroxylation is 1. The monoisotopic (exact) mass is 259 g/mol. The SMILES string of the molecule is Cc1cnc(Cc2ncc(Cc3nccs3)[nH]2)[nH]1. The average Bonchev–Trinajstić information content (AvgIpc) is 3.04. The quantitative estimate of drug-likeness (QED) is 0.753. The predicted octanol–water partition coefficient (Wildman–Crippen LogP) is 2.08. The third-order valence-electron chi connectivity index (χ3n) is 2.60. The van der Waals surface area contributed by atoms with Gasteiger partial charge in [0, 0.05) is 41.8 Å². The molecule has 0 bridgehead atoms. The molecule has 3 aromatic heterocycles. The molecular formula is C12H13N5S. The number of imidazole rings is 2. The molecule has 3 heterocycles. The van der Waals surface area contributed by atoms with Gasteiger partial charge in [-0.1, -0.05) is 0 Å². The highest BCUT2D eigenvalue weighted by Gasteiger charge is 2.06. The third-order valence-corrected chi connectivity index (χ3v) is 3.38. The van der Waals surface area contributed by atoms with Gasteiger partial charge in [-0.25, -0.2) is 15.0 Å². The van der Waals surface area contributed by atoms with Crippen molar-refractivity contribution in [1.82, 2.24) is 24.9 Å². The van der Waals surface area contributed by atoms with E-state index in [1.165, 1.54) is 0 Å². The van der Waals surface area contributed by atoms with Gasteiger partial charge in [0.05, 0.1) is 11.4 Å². The van der Waals surface area contributed by atoms with Crippen LogP contribution in [0.3, 0.4) is 0 Å². The van der Waals surface area contributed by atoms with E-state index < -0.39 is 0 Å². The number of nitrogens with one attached hydrogen (secondary N) is 2. The lowest BCUT2D eigenvalue weighted by Gasteiger charge is -1.94. The maximum absolute atomic E-state index is 4.36. The first kappa shape index (κ1) is 11.2. The minimum atomic E-state index is 0.700. The summed E-state index contributed by atoms with van der Waals surface area (Å²) >= 11 is 1.66. The molecule has 6 heteroatoms. The standard InChI is InChI=1S/C12H13N5S/c1-8-6-14-10(16-8)5-11-15-7-9(17-11)4-12-13-2-3-18-12/h2-3,6-7H,4-5H2,1H3,(H,14,16)(H,15,17). The Morgan fingerprint density at radius 1 is 1.06 bits per heavy atom. The molecule has 3 rings (SSSR count). The van der Waals surface area contributed by atoms with Crippen LogP contribution in [-0.4, -0.2) is 24.9 Å². The summed E-state index contributed by atoms with van der Waals surface area (Å²) in [6.07, 6.45) is 7.03. The van der Waals surface area contributed by atoms with Gasteiger partial charge < -0.3 is 9.97 Å². The molecule has 0 saturated carbocycles. The number of nitrogens with zero attached hydrogens (tertiary/aromatic N) is 3. The van der Waals surface area contributed by atoms with Crippen LogP contribution in [0, 0.1) is 6.92 Å². The maximum atomic E-state index is 4.36. The topological polar surface area (TPSA) is 70.2 Å². The van der Waals surface area contributed by atoms with Crippen molar-refractivity contribution in [3.05, 3.63) is 52.0 Å². The van der Waals surface area contributed by atoms with Crippen LogP contribution in [0.4, 0.5) is 0 Å². The summed E-state index contributed by atoms with van der Waals surface area (Å²) in [6.45, 7) is 1.99. The lowest BCUT2D eigenvalue weighted by Crippen LogP contribution is -1.94. The minimum Gasteiger partial charge on any atom is -0.346 e. The molecule has 0 fully saturated rings. The number of rotatable bonds is 4. The second kappa shape index (κ2) is 4.73. The Morgan fingerprint density at radius 2 is 1.89 bits per heavy atom. The van der Waals surface area contributed by atoms with E-state index >= 15 is 0 Å². The van der Waals surface area contributed by atoms with Crippen molar-refractivity contribution in [2.24, 2.45) is 0 Å². The van der Waals surface area contributed by atoms with Gasteiger partial charge in [0.2, 0.25) is 0 Å². The zero-order valence-corrected chi connectivity index (χ0v) is 10.8. The largest absolute Gasteiger partial charge is 0.346 e. The van der Waals surface area contributed by atoms with E-state index in [1.807, 2.05) is 30.9 Å². The molecular weight excluding hydrogens is 246 g/mol. The van der Waals surface area contributed by atoms with E-state index in [9.17, 15) is 0 Å². The number of H-pyrrole nitrogens is 2. The molecule has 2 N–H and O–H groups in total. The molecule has 0 aliphatic rings. The van der Waals surface area contributed by atoms with Crippen molar-refractivity contribution in [1.29, 1.82) is 0 Å². The minimum absolute atomic E-state index is 0.700. The van der Waals surface area contributed by atoms with Crippen LogP contribution in [-0.2, 0) is 12.8 Å². The zero-order valence-electron chi connectivity index (χ0n) is 9.97. The molecule has 3 aromatic rings. The maximum Gasteiger partial charge on any atom is 0.113 e. The van der Waals surface area contributed by atoms with Gasteiger partial charge in [-0.3, -0.25) is 0 Å². The normalized spacial score (nSPS) is 10.9. The van der Waals surface area contributed by atoms with E-state index in [2.05, 4.69) is 24.9 Å². The van der Waals surface area contributed by atoms with Crippen LogP contribution in [0.5, 0.6) is 0 Å². The van der Waals surface area contributed by atoms with E-state index in [1.54, 1.807) is 11.3 Å². The van der Waals surface area contributed by atoms with Crippen molar-refractivity contribution >= 4 is 11.3 Å². The van der Waals surface area contributed by atoms with Crippen LogP contribution < -0.4 is 0 Å². The molecule has 0 unspecified atom stereocenters. The molecule has 0 amide bonds. The molecule has 92 valence electrons. The Bertz CT molecular complexity index is 622. The summed E-state index contributed by atoms with van der Waals surface area (Å²) in [7, 11) is 0. The molecule has 18 heavy (non-hydrogen) atoms. The molecule has 0 aromatic carbocycles. The van der Waals surface area contributed by atoms with Gasteiger partial charge in [-0.05, 0) is 6.92 Å². The second-order valence-electron chi connectivity index (χ2n) is 4.15. The van der Waals surface area contributed by atoms with Crippen LogP contribution >= 0.6 is 11.3 Å². The van der Waals surface area contributed by atoms with Crippen molar-refractivity contribution in [2.75, 3.05) is 0 Å². The van der Waals surface area contributed by atoms with E-state index in [0.29, 0.717) is 6.42 Å². The van der Waals surface area contributed by atoms with Gasteiger partial charge >= 0.3 is 0 Å². The van der Waals surface area contributed by atoms with Gasteiger partial charge in [-0.15, -0.1) is 11.3 Å². The molecule has 0 saturated heterocycles. The first-order valence-corrected chi connectivity index (χ1v) is 6.59. The molecule has 0 radical (unpaired) electrons. The van der Waals surface area contributed by atoms with Crippen molar-refractivity contribution in [3.63, 3.8) is 0 Å². The Kier molecular flexibility index (Phi) is 2.93. The summed E-state index contributed by atoms with van der Waals surface area (Å²) in [5.41, 5.74) is 2.16. The van der Waals surface area contributed by atoms with Crippen LogP contribution in [0.1, 0.15) is 28.0 Å². The van der Waals surface area contributed by atoms with Crippen LogP contribution in [0.2, 0.25) is 0 Å². The number of aromatic nitrogens is 5. The lowest BCUT2D eigenvalue weighted by molar-refractivity contribution is 0.930. The van der Waals surface area contributed by atoms with Crippen molar-refractivity contribution < 1.29 is 0 Å². The fourth-order valence-corrected chi connectivity index (χ4v) is 2.44. The predicted molar refractivity (Wildman–Crippen MR) is 69.6 cm³/mol. The van der Waals surface area contributed by atoms with Gasteiger partial charge in [0.15, 0.2) is 0 Å². The fraction of sp³-hybridized carbons (Fsp3) is 0.250. The smallest absolute Gasteiger partial charge is 0.113 e. The molecule has 0 spiro atoms. The number of aromatic amines is 2. The molecule has 0 aliphatic carbocycles. The summed E-state index contributed by atoms with van der Waals surface area (Å²) in [5.74, 6) is 1.86. The zero-order chi connectivity index (χ0) is 12.4. The number of thiazole rings is 1. The highest BCUT2D eigenvalue weighted by atomic mass is 32.1. The Labute approximate surface area is 108 Å². The third kappa shape index (κ3) is 2.48. The first-order valence-electron chi connectivity index (χ1n) is 5.71. The number of hydrogen-bond acceptors (Lipinski definition) is 4. The Hall–Kier alpha value is -1.95. The van der Waals surface area contributed by atoms with Gasteiger partial charge in [0.25, 0.3) is 0 Å². The molecule has 5 nitrogen and oxygen atoms in total. The van der Waals surface area contributed by atoms with Crippen LogP contribution in [0.15, 0.2) is 24.0 Å². The second-order valence-corrected chi connectivity index (χ2v) is 5.13. The summed E-state index contributed by atoms with van der Waals surface area (Å²) in [6, 6.07) is 0. The highest BCUT2D eigenvalue weighted by molar-refractivity contribution is 7.09. The molecule has 0 aliphatic heterocycles. The van der Waals surface area contributed by atoms with Crippen molar-refractivity contribution in [3.8, 4) is 0 Å². The van der Waals surface area contributed by atoms with Crippen LogP contribution in [0.25, 0.3) is 0 Å². The average molecular weight is 259 g/mol. The van der Waals surface area contributed by atoms with E-state index in [-0.39, 0.29) is 0 Å². The number of hydrogen-bond donors (Lipinski definition) is 2. The van der Waals surface area contributed by atoms with E-state index in [0.717, 1.165) is 34.5 Å². The van der Waals surface area contributed by atoms with Gasteiger partial charge in [-0.2, -0.15) is 0 Å². The molecule has 0 atom stereocenters. The van der Waals surface area contributed by atoms with E-state index in [4.69, 9.17) is 0 Å².